The molecule has 0 aliphatic heterocycles. The van der Waals surface area contributed by atoms with E-state index < -0.39 is 0 Å². The van der Waals surface area contributed by atoms with E-state index in [1.165, 1.54) is 0 Å². The summed E-state index contributed by atoms with van der Waals surface area (Å²) in [4.78, 5) is 3.90. The third kappa shape index (κ3) is 3.42. The Balaban J connectivity index is 2.44. The molecule has 3 nitrogen and oxygen atoms in total. The minimum atomic E-state index is -0.247. The topological polar surface area (TPSA) is 48.1 Å². The maximum atomic E-state index is 5.92. The zero-order valence-electron chi connectivity index (χ0n) is 8.16. The van der Waals surface area contributed by atoms with Crippen molar-refractivity contribution in [2.75, 3.05) is 6.61 Å². The SMILES string of the molecule is CCC(C)(N)COc1ccncc1. The van der Waals surface area contributed by atoms with Gasteiger partial charge >= 0.3 is 0 Å². The minimum absolute atomic E-state index is 0.247. The Bertz CT molecular complexity index is 246. The molecule has 0 saturated carbocycles. The number of aromatic nitrogens is 1. The van der Waals surface area contributed by atoms with Crippen molar-refractivity contribution in [2.45, 2.75) is 25.8 Å². The van der Waals surface area contributed by atoms with Gasteiger partial charge in [-0.3, -0.25) is 4.98 Å². The first-order chi connectivity index (χ1) is 6.14. The number of rotatable bonds is 4. The summed E-state index contributed by atoms with van der Waals surface area (Å²) in [5, 5.41) is 0. The summed E-state index contributed by atoms with van der Waals surface area (Å²) in [6, 6.07) is 3.65. The van der Waals surface area contributed by atoms with E-state index in [9.17, 15) is 0 Å². The highest BCUT2D eigenvalue weighted by molar-refractivity contribution is 5.16. The smallest absolute Gasteiger partial charge is 0.122 e. The first kappa shape index (κ1) is 9.99. The molecule has 0 spiro atoms. The fourth-order valence-corrected chi connectivity index (χ4v) is 0.785. The lowest BCUT2D eigenvalue weighted by Crippen LogP contribution is -2.41. The number of pyridine rings is 1. The maximum absolute atomic E-state index is 5.92. The largest absolute Gasteiger partial charge is 0.492 e. The van der Waals surface area contributed by atoms with Crippen LogP contribution in [0.3, 0.4) is 0 Å². The second-order valence-corrected chi connectivity index (χ2v) is 3.48. The molecule has 0 fully saturated rings. The molecular weight excluding hydrogens is 164 g/mol. The van der Waals surface area contributed by atoms with Crippen molar-refractivity contribution in [2.24, 2.45) is 5.73 Å². The number of nitrogens with two attached hydrogens (primary N) is 1. The summed E-state index contributed by atoms with van der Waals surface area (Å²) in [7, 11) is 0. The van der Waals surface area contributed by atoms with Crippen molar-refractivity contribution < 1.29 is 4.74 Å². The van der Waals surface area contributed by atoms with Crippen LogP contribution in [0.2, 0.25) is 0 Å². The van der Waals surface area contributed by atoms with Gasteiger partial charge < -0.3 is 10.5 Å². The number of hydrogen-bond donors (Lipinski definition) is 1. The van der Waals surface area contributed by atoms with Crippen LogP contribution in [0.1, 0.15) is 20.3 Å². The van der Waals surface area contributed by atoms with E-state index in [0.717, 1.165) is 12.2 Å². The van der Waals surface area contributed by atoms with Crippen molar-refractivity contribution >= 4 is 0 Å². The average Bonchev–Trinajstić information content (AvgIpc) is 2.17. The van der Waals surface area contributed by atoms with E-state index >= 15 is 0 Å². The lowest BCUT2D eigenvalue weighted by molar-refractivity contribution is 0.226. The van der Waals surface area contributed by atoms with Crippen LogP contribution in [0.4, 0.5) is 0 Å². The number of ether oxygens (including phenoxy) is 1. The Morgan fingerprint density at radius 1 is 1.46 bits per heavy atom. The molecule has 1 heterocycles. The Labute approximate surface area is 78.9 Å². The first-order valence-corrected chi connectivity index (χ1v) is 4.46. The molecular formula is C10H16N2O. The van der Waals surface area contributed by atoms with Crippen molar-refractivity contribution in [1.82, 2.24) is 4.98 Å². The van der Waals surface area contributed by atoms with Crippen LogP contribution >= 0.6 is 0 Å². The summed E-state index contributed by atoms with van der Waals surface area (Å²) in [6.45, 7) is 4.57. The van der Waals surface area contributed by atoms with E-state index in [4.69, 9.17) is 10.5 Å². The summed E-state index contributed by atoms with van der Waals surface area (Å²) < 4.78 is 5.50. The molecule has 13 heavy (non-hydrogen) atoms. The molecule has 72 valence electrons. The standard InChI is InChI=1S/C10H16N2O/c1-3-10(2,11)8-13-9-4-6-12-7-5-9/h4-7H,3,8,11H2,1-2H3. The van der Waals surface area contributed by atoms with E-state index in [1.54, 1.807) is 12.4 Å². The highest BCUT2D eigenvalue weighted by atomic mass is 16.5. The third-order valence-electron chi connectivity index (χ3n) is 2.03. The second-order valence-electron chi connectivity index (χ2n) is 3.48. The predicted molar refractivity (Wildman–Crippen MR) is 52.6 cm³/mol. The average molecular weight is 180 g/mol. The molecule has 0 aliphatic carbocycles. The zero-order chi connectivity index (χ0) is 9.73. The lowest BCUT2D eigenvalue weighted by Gasteiger charge is -2.22. The van der Waals surface area contributed by atoms with Gasteiger partial charge in [-0.05, 0) is 25.5 Å². The monoisotopic (exact) mass is 180 g/mol. The van der Waals surface area contributed by atoms with Crippen LogP contribution in [0, 0.1) is 0 Å². The molecule has 0 radical (unpaired) electrons. The fourth-order valence-electron chi connectivity index (χ4n) is 0.785. The Kier molecular flexibility index (Phi) is 3.25. The van der Waals surface area contributed by atoms with Gasteiger partial charge in [0.15, 0.2) is 0 Å². The summed E-state index contributed by atoms with van der Waals surface area (Å²) >= 11 is 0. The fraction of sp³-hybridized carbons (Fsp3) is 0.500. The normalized spacial score (nSPS) is 15.0. The minimum Gasteiger partial charge on any atom is -0.492 e. The van der Waals surface area contributed by atoms with Crippen molar-refractivity contribution in [3.05, 3.63) is 24.5 Å². The van der Waals surface area contributed by atoms with Gasteiger partial charge in [0.2, 0.25) is 0 Å². The van der Waals surface area contributed by atoms with Crippen LogP contribution in [0.5, 0.6) is 5.75 Å². The molecule has 0 amide bonds. The summed E-state index contributed by atoms with van der Waals surface area (Å²) in [5.41, 5.74) is 5.68. The summed E-state index contributed by atoms with van der Waals surface area (Å²) in [6.07, 6.45) is 4.31. The van der Waals surface area contributed by atoms with Gasteiger partial charge in [-0.15, -0.1) is 0 Å². The van der Waals surface area contributed by atoms with Gasteiger partial charge in [-0.1, -0.05) is 6.92 Å². The molecule has 0 saturated heterocycles. The van der Waals surface area contributed by atoms with Gasteiger partial charge in [-0.25, -0.2) is 0 Å². The van der Waals surface area contributed by atoms with Gasteiger partial charge in [0.25, 0.3) is 0 Å². The van der Waals surface area contributed by atoms with E-state index in [-0.39, 0.29) is 5.54 Å². The van der Waals surface area contributed by atoms with Crippen LogP contribution < -0.4 is 10.5 Å². The van der Waals surface area contributed by atoms with Gasteiger partial charge in [-0.2, -0.15) is 0 Å². The van der Waals surface area contributed by atoms with Gasteiger partial charge in [0.1, 0.15) is 12.4 Å². The molecule has 2 N–H and O–H groups in total. The highest BCUT2D eigenvalue weighted by Gasteiger charge is 2.15. The van der Waals surface area contributed by atoms with E-state index in [0.29, 0.717) is 6.61 Å². The van der Waals surface area contributed by atoms with E-state index in [1.807, 2.05) is 19.1 Å². The maximum Gasteiger partial charge on any atom is 0.122 e. The Morgan fingerprint density at radius 2 is 2.08 bits per heavy atom. The predicted octanol–water partition coefficient (Wildman–Crippen LogP) is 1.59. The molecule has 0 aliphatic rings. The van der Waals surface area contributed by atoms with Gasteiger partial charge in [0, 0.05) is 17.9 Å². The van der Waals surface area contributed by atoms with Crippen LogP contribution in [-0.2, 0) is 0 Å². The highest BCUT2D eigenvalue weighted by Crippen LogP contribution is 2.11. The molecule has 0 bridgehead atoms. The third-order valence-corrected chi connectivity index (χ3v) is 2.03. The molecule has 1 atom stereocenters. The molecule has 1 rings (SSSR count). The van der Waals surface area contributed by atoms with Crippen molar-refractivity contribution in [3.63, 3.8) is 0 Å². The van der Waals surface area contributed by atoms with E-state index in [2.05, 4.69) is 11.9 Å². The Morgan fingerprint density at radius 3 is 2.62 bits per heavy atom. The molecule has 3 heteroatoms. The van der Waals surface area contributed by atoms with Gasteiger partial charge in [0.05, 0.1) is 0 Å². The number of nitrogens with zero attached hydrogens (tertiary/aromatic N) is 1. The number of hydrogen-bond acceptors (Lipinski definition) is 3. The second kappa shape index (κ2) is 4.23. The van der Waals surface area contributed by atoms with Crippen molar-refractivity contribution in [1.29, 1.82) is 0 Å². The van der Waals surface area contributed by atoms with Crippen LogP contribution in [0.25, 0.3) is 0 Å². The zero-order valence-corrected chi connectivity index (χ0v) is 8.16. The van der Waals surface area contributed by atoms with Crippen LogP contribution in [0.15, 0.2) is 24.5 Å². The molecule has 1 unspecified atom stereocenters. The quantitative estimate of drug-likeness (QED) is 0.765. The van der Waals surface area contributed by atoms with Crippen LogP contribution in [-0.4, -0.2) is 17.1 Å². The lowest BCUT2D eigenvalue weighted by atomic mass is 10.0. The molecule has 0 aromatic carbocycles. The first-order valence-electron chi connectivity index (χ1n) is 4.46. The Hall–Kier alpha value is -1.09. The summed E-state index contributed by atoms with van der Waals surface area (Å²) in [5.74, 6) is 0.820. The molecule has 1 aromatic rings. The van der Waals surface area contributed by atoms with Crippen molar-refractivity contribution in [3.8, 4) is 5.75 Å². The molecule has 1 aromatic heterocycles.